The summed E-state index contributed by atoms with van der Waals surface area (Å²) in [5.74, 6) is 1.13. The largest absolute Gasteiger partial charge is 0.313 e. The first kappa shape index (κ1) is 10.7. The normalized spacial score (nSPS) is 17.9. The molecule has 2 aromatic rings. The Bertz CT molecular complexity index is 503. The highest BCUT2D eigenvalue weighted by molar-refractivity contribution is 5.75. The van der Waals surface area contributed by atoms with Crippen molar-refractivity contribution in [2.45, 2.75) is 26.1 Å². The number of nitrogens with zero attached hydrogens (tertiary/aromatic N) is 2. The van der Waals surface area contributed by atoms with Crippen LogP contribution in [0.1, 0.15) is 18.7 Å². The average molecular weight is 230 g/mol. The zero-order chi connectivity index (χ0) is 11.5. The van der Waals surface area contributed by atoms with Crippen molar-refractivity contribution in [3.63, 3.8) is 0 Å². The second-order valence-corrected chi connectivity index (χ2v) is 4.49. The molecular formula is C13H18N4. The maximum Gasteiger partial charge on any atom is 0.124 e. The van der Waals surface area contributed by atoms with Gasteiger partial charge in [0.2, 0.25) is 0 Å². The number of benzene rings is 1. The van der Waals surface area contributed by atoms with Crippen LogP contribution in [-0.2, 0) is 13.2 Å². The Labute approximate surface area is 101 Å². The number of nitrogens with one attached hydrogen (secondary N) is 2. The lowest BCUT2D eigenvalue weighted by Gasteiger charge is -2.13. The Morgan fingerprint density at radius 2 is 1.88 bits per heavy atom. The third-order valence-corrected chi connectivity index (χ3v) is 3.24. The number of fused-ring (bicyclic) bond motifs is 3. The van der Waals surface area contributed by atoms with E-state index in [1.807, 2.05) is 6.07 Å². The van der Waals surface area contributed by atoms with E-state index < -0.39 is 0 Å². The van der Waals surface area contributed by atoms with Crippen molar-refractivity contribution in [1.29, 1.82) is 0 Å². The van der Waals surface area contributed by atoms with Crippen LogP contribution in [0.15, 0.2) is 24.3 Å². The molecule has 1 aliphatic rings. The minimum atomic E-state index is 0.857. The number of imidazole rings is 1. The highest BCUT2D eigenvalue weighted by Gasteiger charge is 2.10. The van der Waals surface area contributed by atoms with E-state index in [0.717, 1.165) is 37.6 Å². The second-order valence-electron chi connectivity index (χ2n) is 4.49. The summed E-state index contributed by atoms with van der Waals surface area (Å²) < 4.78 is 2.27. The standard InChI is InChI=1S/C13H18N4/c1-2-6-12-11(5-1)16-13-9-14-7-3-4-8-15-10-17(12)13/h1-2,5-6,14-15H,3-4,7-10H2. The number of hydrogen-bond donors (Lipinski definition) is 2. The van der Waals surface area contributed by atoms with Crippen LogP contribution in [0, 0.1) is 0 Å². The van der Waals surface area contributed by atoms with E-state index >= 15 is 0 Å². The lowest BCUT2D eigenvalue weighted by Crippen LogP contribution is -2.26. The van der Waals surface area contributed by atoms with E-state index in [1.54, 1.807) is 0 Å². The number of aromatic nitrogens is 2. The van der Waals surface area contributed by atoms with Gasteiger partial charge in [-0.1, -0.05) is 12.1 Å². The van der Waals surface area contributed by atoms with Gasteiger partial charge in [-0.05, 0) is 38.1 Å². The van der Waals surface area contributed by atoms with Gasteiger partial charge in [0.05, 0.1) is 24.2 Å². The molecule has 0 saturated carbocycles. The van der Waals surface area contributed by atoms with Crippen molar-refractivity contribution in [3.8, 4) is 0 Å². The van der Waals surface area contributed by atoms with Crippen LogP contribution in [0.2, 0.25) is 0 Å². The summed E-state index contributed by atoms with van der Waals surface area (Å²) in [6.45, 7) is 3.87. The molecule has 4 heteroatoms. The summed E-state index contributed by atoms with van der Waals surface area (Å²) in [4.78, 5) is 4.69. The number of para-hydroxylation sites is 2. The summed E-state index contributed by atoms with van der Waals surface area (Å²) in [7, 11) is 0. The van der Waals surface area contributed by atoms with Crippen LogP contribution in [0.5, 0.6) is 0 Å². The molecule has 0 bridgehead atoms. The van der Waals surface area contributed by atoms with E-state index in [0.29, 0.717) is 0 Å². The smallest absolute Gasteiger partial charge is 0.124 e. The highest BCUT2D eigenvalue weighted by atomic mass is 15.2. The summed E-state index contributed by atoms with van der Waals surface area (Å²) in [6, 6.07) is 8.33. The Morgan fingerprint density at radius 1 is 1.06 bits per heavy atom. The quantitative estimate of drug-likeness (QED) is 0.720. The van der Waals surface area contributed by atoms with E-state index in [4.69, 9.17) is 0 Å². The second kappa shape index (κ2) is 4.85. The van der Waals surface area contributed by atoms with Crippen LogP contribution >= 0.6 is 0 Å². The molecule has 2 N–H and O–H groups in total. The van der Waals surface area contributed by atoms with Gasteiger partial charge in [-0.3, -0.25) is 5.32 Å². The molecule has 0 amide bonds. The van der Waals surface area contributed by atoms with Gasteiger partial charge in [0.25, 0.3) is 0 Å². The molecule has 1 aromatic heterocycles. The average Bonchev–Trinajstić information content (AvgIpc) is 2.72. The minimum absolute atomic E-state index is 0.857. The van der Waals surface area contributed by atoms with Gasteiger partial charge in [0.1, 0.15) is 5.82 Å². The van der Waals surface area contributed by atoms with Gasteiger partial charge < -0.3 is 9.88 Å². The third-order valence-electron chi connectivity index (χ3n) is 3.24. The zero-order valence-corrected chi connectivity index (χ0v) is 9.95. The van der Waals surface area contributed by atoms with Crippen LogP contribution in [-0.4, -0.2) is 22.6 Å². The third kappa shape index (κ3) is 2.18. The Hall–Kier alpha value is -1.39. The molecule has 0 radical (unpaired) electrons. The molecule has 0 saturated heterocycles. The molecule has 2 heterocycles. The highest BCUT2D eigenvalue weighted by Crippen LogP contribution is 2.15. The molecule has 0 aliphatic carbocycles. The fraction of sp³-hybridized carbons (Fsp3) is 0.462. The fourth-order valence-corrected chi connectivity index (χ4v) is 2.33. The summed E-state index contributed by atoms with van der Waals surface area (Å²) >= 11 is 0. The SMILES string of the molecule is c1ccc2c(c1)nc1n2CNCCCCNC1. The fourth-order valence-electron chi connectivity index (χ4n) is 2.33. The molecule has 3 rings (SSSR count). The van der Waals surface area contributed by atoms with Crippen molar-refractivity contribution in [1.82, 2.24) is 20.2 Å². The minimum Gasteiger partial charge on any atom is -0.313 e. The predicted octanol–water partition coefficient (Wildman–Crippen LogP) is 1.47. The van der Waals surface area contributed by atoms with Crippen molar-refractivity contribution in [2.75, 3.05) is 13.1 Å². The van der Waals surface area contributed by atoms with Gasteiger partial charge in [0, 0.05) is 0 Å². The summed E-state index contributed by atoms with van der Waals surface area (Å²) in [5, 5.41) is 6.95. The number of rotatable bonds is 0. The van der Waals surface area contributed by atoms with E-state index in [2.05, 4.69) is 38.4 Å². The zero-order valence-electron chi connectivity index (χ0n) is 9.95. The van der Waals surface area contributed by atoms with Crippen LogP contribution < -0.4 is 10.6 Å². The summed E-state index contributed by atoms with van der Waals surface area (Å²) in [6.07, 6.45) is 2.46. The van der Waals surface area contributed by atoms with Gasteiger partial charge in [-0.2, -0.15) is 0 Å². The van der Waals surface area contributed by atoms with Crippen molar-refractivity contribution in [3.05, 3.63) is 30.1 Å². The molecule has 4 nitrogen and oxygen atoms in total. The van der Waals surface area contributed by atoms with Crippen molar-refractivity contribution in [2.24, 2.45) is 0 Å². The first-order chi connectivity index (χ1) is 8.45. The summed E-state index contributed by atoms with van der Waals surface area (Å²) in [5.41, 5.74) is 2.31. The first-order valence-electron chi connectivity index (χ1n) is 6.31. The van der Waals surface area contributed by atoms with Crippen molar-refractivity contribution >= 4 is 11.0 Å². The maximum absolute atomic E-state index is 4.69. The van der Waals surface area contributed by atoms with Crippen LogP contribution in [0.3, 0.4) is 0 Å². The van der Waals surface area contributed by atoms with Crippen LogP contribution in [0.25, 0.3) is 11.0 Å². The molecule has 0 unspecified atom stereocenters. The topological polar surface area (TPSA) is 41.9 Å². The van der Waals surface area contributed by atoms with Gasteiger partial charge in [0.15, 0.2) is 0 Å². The Kier molecular flexibility index (Phi) is 3.07. The van der Waals surface area contributed by atoms with E-state index in [9.17, 15) is 0 Å². The maximum atomic E-state index is 4.69. The van der Waals surface area contributed by atoms with Gasteiger partial charge >= 0.3 is 0 Å². The Morgan fingerprint density at radius 3 is 2.82 bits per heavy atom. The molecule has 1 aliphatic heterocycles. The lowest BCUT2D eigenvalue weighted by atomic mass is 10.3. The predicted molar refractivity (Wildman–Crippen MR) is 68.7 cm³/mol. The van der Waals surface area contributed by atoms with Crippen molar-refractivity contribution < 1.29 is 0 Å². The molecule has 1 aromatic carbocycles. The monoisotopic (exact) mass is 230 g/mol. The van der Waals surface area contributed by atoms with Gasteiger partial charge in [-0.25, -0.2) is 4.98 Å². The lowest BCUT2D eigenvalue weighted by molar-refractivity contribution is 0.488. The number of hydrogen-bond acceptors (Lipinski definition) is 3. The molecular weight excluding hydrogens is 212 g/mol. The molecule has 0 fully saturated rings. The first-order valence-corrected chi connectivity index (χ1v) is 6.31. The van der Waals surface area contributed by atoms with Crippen LogP contribution in [0.4, 0.5) is 0 Å². The molecule has 0 spiro atoms. The Balaban J connectivity index is 2.00. The molecule has 17 heavy (non-hydrogen) atoms. The van der Waals surface area contributed by atoms with E-state index in [1.165, 1.54) is 18.4 Å². The van der Waals surface area contributed by atoms with Gasteiger partial charge in [-0.15, -0.1) is 0 Å². The molecule has 0 atom stereocenters. The van der Waals surface area contributed by atoms with E-state index in [-0.39, 0.29) is 0 Å². The molecule has 90 valence electrons.